The van der Waals surface area contributed by atoms with E-state index < -0.39 is 0 Å². The van der Waals surface area contributed by atoms with Crippen molar-refractivity contribution in [2.45, 2.75) is 0 Å². The lowest BCUT2D eigenvalue weighted by molar-refractivity contribution is 1.00. The first kappa shape index (κ1) is 29.4. The van der Waals surface area contributed by atoms with E-state index in [0.29, 0.717) is 16.9 Å². The van der Waals surface area contributed by atoms with E-state index in [1.165, 1.54) is 21.8 Å². The highest BCUT2D eigenvalue weighted by atomic mass is 16.1. The molecule has 0 saturated carbocycles. The van der Waals surface area contributed by atoms with Crippen LogP contribution < -0.4 is 5.56 Å². The summed E-state index contributed by atoms with van der Waals surface area (Å²) >= 11 is 0. The van der Waals surface area contributed by atoms with Crippen LogP contribution in [-0.4, -0.2) is 23.7 Å². The summed E-state index contributed by atoms with van der Waals surface area (Å²) in [5, 5.41) is 6.03. The van der Waals surface area contributed by atoms with E-state index >= 15 is 0 Å². The van der Waals surface area contributed by atoms with Gasteiger partial charge in [-0.05, 0) is 77.9 Å². The molecule has 0 aliphatic heterocycles. The Balaban J connectivity index is 1.10. The van der Waals surface area contributed by atoms with Gasteiger partial charge in [0.25, 0.3) is 5.56 Å². The lowest BCUT2D eigenvalue weighted by atomic mass is 10.0. The number of fused-ring (bicyclic) bond motifs is 9. The Morgan fingerprint density at radius 1 is 0.377 bits per heavy atom. The third-order valence-electron chi connectivity index (χ3n) is 10.5. The number of rotatable bonds is 4. The third-order valence-corrected chi connectivity index (χ3v) is 10.5. The normalized spacial score (nSPS) is 11.8. The van der Waals surface area contributed by atoms with Crippen LogP contribution in [0, 0.1) is 0 Å². The highest BCUT2D eigenvalue weighted by Crippen LogP contribution is 2.38. The van der Waals surface area contributed by atoms with Gasteiger partial charge in [0.2, 0.25) is 5.95 Å². The molecule has 0 amide bonds. The van der Waals surface area contributed by atoms with E-state index in [-0.39, 0.29) is 5.56 Å². The highest BCUT2D eigenvalue weighted by molar-refractivity contribution is 6.13. The Bertz CT molecular complexity index is 3300. The molecule has 4 heterocycles. The van der Waals surface area contributed by atoms with Crippen LogP contribution >= 0.6 is 0 Å². The third kappa shape index (κ3) is 4.36. The molecule has 11 aromatic rings. The summed E-state index contributed by atoms with van der Waals surface area (Å²) in [6.45, 7) is 0. The molecule has 0 atom stereocenters. The van der Waals surface area contributed by atoms with E-state index in [9.17, 15) is 4.79 Å². The first-order valence-corrected chi connectivity index (χ1v) is 17.7. The largest absolute Gasteiger partial charge is 0.309 e. The summed E-state index contributed by atoms with van der Waals surface area (Å²) in [5.41, 5.74) is 9.88. The summed E-state index contributed by atoms with van der Waals surface area (Å²) in [7, 11) is 0. The number of hydrogen-bond acceptors (Lipinski definition) is 3. The van der Waals surface area contributed by atoms with Crippen LogP contribution in [0.4, 0.5) is 0 Å². The minimum absolute atomic E-state index is 0.146. The molecule has 0 saturated heterocycles. The maximum atomic E-state index is 14.0. The molecule has 7 aromatic carbocycles. The summed E-state index contributed by atoms with van der Waals surface area (Å²) in [5.74, 6) is 0.522. The van der Waals surface area contributed by atoms with Crippen molar-refractivity contribution in [1.82, 2.24) is 23.7 Å². The lowest BCUT2D eigenvalue weighted by Crippen LogP contribution is -2.20. The van der Waals surface area contributed by atoms with Gasteiger partial charge in [0, 0.05) is 44.5 Å². The number of nitrogens with zero attached hydrogens (tertiary/aromatic N) is 5. The predicted molar refractivity (Wildman–Crippen MR) is 217 cm³/mol. The van der Waals surface area contributed by atoms with Gasteiger partial charge in [0.15, 0.2) is 0 Å². The summed E-state index contributed by atoms with van der Waals surface area (Å²) in [4.78, 5) is 24.0. The molecule has 0 N–H and O–H groups in total. The average Bonchev–Trinajstić information content (AvgIpc) is 3.74. The minimum atomic E-state index is -0.146. The smallest absolute Gasteiger partial charge is 0.266 e. The van der Waals surface area contributed by atoms with E-state index in [4.69, 9.17) is 9.97 Å². The van der Waals surface area contributed by atoms with E-state index in [0.717, 1.165) is 55.2 Å². The SMILES string of the molecule is O=c1c2cnc(-n3c4ccccc4c4cc(-c5ccc6c(c5)c5ccccc5n6-c5ccccc5)ccc43)nc2c2ccccc2n1-c1ccccc1. The van der Waals surface area contributed by atoms with Crippen molar-refractivity contribution in [3.05, 3.63) is 186 Å². The molecule has 4 aromatic heterocycles. The first-order chi connectivity index (χ1) is 26.2. The fourth-order valence-electron chi connectivity index (χ4n) is 8.15. The van der Waals surface area contributed by atoms with E-state index in [1.54, 1.807) is 10.8 Å². The number of benzene rings is 7. The van der Waals surface area contributed by atoms with Crippen LogP contribution in [0.2, 0.25) is 0 Å². The summed E-state index contributed by atoms with van der Waals surface area (Å²) < 4.78 is 6.20. The fourth-order valence-corrected chi connectivity index (χ4v) is 8.15. The van der Waals surface area contributed by atoms with E-state index in [1.807, 2.05) is 60.7 Å². The van der Waals surface area contributed by atoms with Crippen LogP contribution in [0.25, 0.3) is 93.9 Å². The predicted octanol–water partition coefficient (Wildman–Crippen LogP) is 10.8. The molecule has 11 rings (SSSR count). The molecule has 248 valence electrons. The van der Waals surface area contributed by atoms with Gasteiger partial charge in [-0.3, -0.25) is 13.9 Å². The highest BCUT2D eigenvalue weighted by Gasteiger charge is 2.19. The Hall–Kier alpha value is -7.31. The Morgan fingerprint density at radius 3 is 1.43 bits per heavy atom. The van der Waals surface area contributed by atoms with Crippen LogP contribution in [0.1, 0.15) is 0 Å². The second kappa shape index (κ2) is 11.4. The van der Waals surface area contributed by atoms with Crippen LogP contribution in [0.3, 0.4) is 0 Å². The second-order valence-corrected chi connectivity index (χ2v) is 13.4. The van der Waals surface area contributed by atoms with Crippen molar-refractivity contribution in [1.29, 1.82) is 0 Å². The molecule has 6 heteroatoms. The fraction of sp³-hybridized carbons (Fsp3) is 0. The van der Waals surface area contributed by atoms with Gasteiger partial charge in [0.05, 0.1) is 38.5 Å². The summed E-state index contributed by atoms with van der Waals surface area (Å²) in [6.07, 6.45) is 1.68. The minimum Gasteiger partial charge on any atom is -0.309 e. The van der Waals surface area contributed by atoms with Gasteiger partial charge in [0.1, 0.15) is 0 Å². The van der Waals surface area contributed by atoms with Crippen molar-refractivity contribution < 1.29 is 0 Å². The zero-order chi connectivity index (χ0) is 35.0. The van der Waals surface area contributed by atoms with E-state index in [2.05, 4.69) is 118 Å². The van der Waals surface area contributed by atoms with Crippen molar-refractivity contribution in [3.63, 3.8) is 0 Å². The zero-order valence-corrected chi connectivity index (χ0v) is 28.4. The zero-order valence-electron chi connectivity index (χ0n) is 28.4. The maximum absolute atomic E-state index is 14.0. The maximum Gasteiger partial charge on any atom is 0.266 e. The molecule has 0 aliphatic carbocycles. The van der Waals surface area contributed by atoms with Crippen molar-refractivity contribution in [3.8, 4) is 28.5 Å². The number of aromatic nitrogens is 5. The molecule has 0 unspecified atom stereocenters. The quantitative estimate of drug-likeness (QED) is 0.174. The van der Waals surface area contributed by atoms with Gasteiger partial charge in [-0.1, -0.05) is 103 Å². The average molecular weight is 680 g/mol. The number of hydrogen-bond donors (Lipinski definition) is 0. The number of pyridine rings is 1. The topological polar surface area (TPSA) is 57.6 Å². The lowest BCUT2D eigenvalue weighted by Gasteiger charge is -2.14. The van der Waals surface area contributed by atoms with Crippen LogP contribution in [-0.2, 0) is 0 Å². The second-order valence-electron chi connectivity index (χ2n) is 13.4. The van der Waals surface area contributed by atoms with Crippen LogP contribution in [0.15, 0.2) is 181 Å². The van der Waals surface area contributed by atoms with Crippen molar-refractivity contribution in [2.24, 2.45) is 0 Å². The Labute approximate surface area is 303 Å². The van der Waals surface area contributed by atoms with Gasteiger partial charge >= 0.3 is 0 Å². The van der Waals surface area contributed by atoms with Crippen molar-refractivity contribution >= 4 is 65.4 Å². The Kier molecular flexibility index (Phi) is 6.30. The molecular formula is C47H29N5O. The first-order valence-electron chi connectivity index (χ1n) is 17.7. The van der Waals surface area contributed by atoms with Crippen LogP contribution in [0.5, 0.6) is 0 Å². The molecular weight excluding hydrogens is 651 g/mol. The molecule has 0 spiro atoms. The molecule has 6 nitrogen and oxygen atoms in total. The van der Waals surface area contributed by atoms with Gasteiger partial charge < -0.3 is 4.57 Å². The van der Waals surface area contributed by atoms with Gasteiger partial charge in [-0.2, -0.15) is 0 Å². The van der Waals surface area contributed by atoms with Crippen molar-refractivity contribution in [2.75, 3.05) is 0 Å². The summed E-state index contributed by atoms with van der Waals surface area (Å²) in [6, 6.07) is 58.6. The molecule has 0 fully saturated rings. The molecule has 0 bridgehead atoms. The molecule has 0 radical (unpaired) electrons. The van der Waals surface area contributed by atoms with Gasteiger partial charge in [-0.25, -0.2) is 9.97 Å². The Morgan fingerprint density at radius 2 is 0.830 bits per heavy atom. The van der Waals surface area contributed by atoms with Gasteiger partial charge in [-0.15, -0.1) is 0 Å². The number of para-hydroxylation sites is 5. The monoisotopic (exact) mass is 679 g/mol. The standard InChI is InChI=1S/C47H29N5O/c53-46-39-29-48-47(49-45(39)36-19-9-12-22-42(36)51(46)33-15-5-2-6-16-33)52-41-21-11-8-18-35(41)38-28-31(24-26-44(38)52)30-23-25-43-37(27-30)34-17-7-10-20-40(34)50(43)32-13-3-1-4-14-32/h1-29H. The molecule has 0 aliphatic rings. The molecule has 53 heavy (non-hydrogen) atoms.